The summed E-state index contributed by atoms with van der Waals surface area (Å²) in [5, 5.41) is 9.26. The third-order valence-corrected chi connectivity index (χ3v) is 1.72. The minimum absolute atomic E-state index is 0.558. The van der Waals surface area contributed by atoms with E-state index in [0.29, 0.717) is 22.9 Å². The average molecular weight is 186 g/mol. The number of rotatable bonds is 3. The zero-order valence-corrected chi connectivity index (χ0v) is 7.51. The number of hydrogen-bond acceptors (Lipinski definition) is 2. The van der Waals surface area contributed by atoms with Crippen LogP contribution in [0, 0.1) is 6.61 Å². The van der Waals surface area contributed by atoms with Crippen LogP contribution in [0.15, 0.2) is 18.2 Å². The summed E-state index contributed by atoms with van der Waals surface area (Å²) in [6.07, 6.45) is 0. The van der Waals surface area contributed by atoms with Gasteiger partial charge in [0.25, 0.3) is 0 Å². The molecule has 65 valence electrons. The first-order chi connectivity index (χ1) is 5.77. The van der Waals surface area contributed by atoms with E-state index in [1.165, 1.54) is 0 Å². The summed E-state index contributed by atoms with van der Waals surface area (Å²) in [6, 6.07) is 5.09. The molecule has 0 spiro atoms. The van der Waals surface area contributed by atoms with Crippen LogP contribution >= 0.6 is 11.6 Å². The minimum atomic E-state index is 0.558. The van der Waals surface area contributed by atoms with E-state index in [-0.39, 0.29) is 0 Å². The van der Waals surface area contributed by atoms with Gasteiger partial charge in [-0.1, -0.05) is 17.7 Å². The van der Waals surface area contributed by atoms with Crippen molar-refractivity contribution in [3.8, 4) is 5.75 Å². The zero-order valence-electron chi connectivity index (χ0n) is 6.75. The van der Waals surface area contributed by atoms with E-state index < -0.39 is 0 Å². The Kier molecular flexibility index (Phi) is 3.38. The van der Waals surface area contributed by atoms with E-state index in [9.17, 15) is 0 Å². The van der Waals surface area contributed by atoms with E-state index in [0.717, 1.165) is 6.61 Å². The summed E-state index contributed by atoms with van der Waals surface area (Å²) in [6.45, 7) is 3.46. The van der Waals surface area contributed by atoms with Crippen LogP contribution in [0.5, 0.6) is 5.75 Å². The fraction of sp³-hybridized carbons (Fsp3) is 0.222. The predicted molar refractivity (Wildman–Crippen MR) is 48.0 cm³/mol. The van der Waals surface area contributed by atoms with Crippen molar-refractivity contribution in [2.45, 2.75) is 6.92 Å². The molecule has 2 nitrogen and oxygen atoms in total. The quantitative estimate of drug-likeness (QED) is 0.785. The normalized spacial score (nSPS) is 9.92. The van der Waals surface area contributed by atoms with Crippen molar-refractivity contribution in [1.82, 2.24) is 0 Å². The first-order valence-electron chi connectivity index (χ1n) is 3.67. The second kappa shape index (κ2) is 4.33. The molecule has 0 unspecified atom stereocenters. The lowest BCUT2D eigenvalue weighted by Gasteiger charge is -2.06. The van der Waals surface area contributed by atoms with E-state index in [4.69, 9.17) is 21.4 Å². The van der Waals surface area contributed by atoms with Gasteiger partial charge in [-0.25, -0.2) is 0 Å². The number of halogens is 1. The summed E-state index contributed by atoms with van der Waals surface area (Å²) in [4.78, 5) is 0. The fourth-order valence-electron chi connectivity index (χ4n) is 0.866. The van der Waals surface area contributed by atoms with Crippen molar-refractivity contribution in [3.05, 3.63) is 35.4 Å². The molecule has 12 heavy (non-hydrogen) atoms. The molecule has 0 saturated heterocycles. The van der Waals surface area contributed by atoms with Crippen molar-refractivity contribution in [1.29, 1.82) is 0 Å². The lowest BCUT2D eigenvalue weighted by molar-refractivity contribution is 0.339. The second-order valence-electron chi connectivity index (χ2n) is 2.25. The number of aliphatic hydroxyl groups is 1. The zero-order chi connectivity index (χ0) is 8.97. The third kappa shape index (κ3) is 2.13. The van der Waals surface area contributed by atoms with Gasteiger partial charge in [-0.05, 0) is 24.6 Å². The van der Waals surface area contributed by atoms with Crippen LogP contribution in [0.2, 0.25) is 5.02 Å². The van der Waals surface area contributed by atoms with Gasteiger partial charge in [0.05, 0.1) is 11.6 Å². The summed E-state index contributed by atoms with van der Waals surface area (Å²) < 4.78 is 5.22. The number of hydrogen-bond donors (Lipinski definition) is 1. The SMILES string of the molecule is CCOc1cc([CH]O)ccc1Cl. The highest BCUT2D eigenvalue weighted by molar-refractivity contribution is 6.32. The second-order valence-corrected chi connectivity index (χ2v) is 2.66. The van der Waals surface area contributed by atoms with Crippen LogP contribution in [-0.2, 0) is 0 Å². The molecule has 0 fully saturated rings. The van der Waals surface area contributed by atoms with Crippen molar-refractivity contribution in [3.63, 3.8) is 0 Å². The van der Waals surface area contributed by atoms with Gasteiger partial charge < -0.3 is 9.84 Å². The van der Waals surface area contributed by atoms with Crippen molar-refractivity contribution in [2.24, 2.45) is 0 Å². The Morgan fingerprint density at radius 2 is 2.33 bits per heavy atom. The number of ether oxygens (including phenoxy) is 1. The molecular formula is C9H10ClO2. The molecule has 0 aromatic heterocycles. The maximum absolute atomic E-state index is 8.70. The Morgan fingerprint density at radius 1 is 1.58 bits per heavy atom. The summed E-state index contributed by atoms with van der Waals surface area (Å²) in [5.74, 6) is 0.599. The summed E-state index contributed by atoms with van der Waals surface area (Å²) in [7, 11) is 0. The lowest BCUT2D eigenvalue weighted by atomic mass is 10.2. The first kappa shape index (κ1) is 9.36. The molecule has 0 aliphatic rings. The van der Waals surface area contributed by atoms with Crippen LogP contribution in [0.3, 0.4) is 0 Å². The molecule has 3 heteroatoms. The smallest absolute Gasteiger partial charge is 0.138 e. The minimum Gasteiger partial charge on any atom is -0.492 e. The van der Waals surface area contributed by atoms with E-state index >= 15 is 0 Å². The van der Waals surface area contributed by atoms with Gasteiger partial charge in [-0.3, -0.25) is 0 Å². The van der Waals surface area contributed by atoms with Gasteiger partial charge in [0.1, 0.15) is 12.4 Å². The van der Waals surface area contributed by atoms with Crippen LogP contribution < -0.4 is 4.74 Å². The highest BCUT2D eigenvalue weighted by Gasteiger charge is 2.01. The predicted octanol–water partition coefficient (Wildman–Crippen LogP) is 2.62. The fourth-order valence-corrected chi connectivity index (χ4v) is 1.04. The van der Waals surface area contributed by atoms with Crippen LogP contribution in [0.4, 0.5) is 0 Å². The maximum Gasteiger partial charge on any atom is 0.138 e. The summed E-state index contributed by atoms with van der Waals surface area (Å²) in [5.41, 5.74) is 0.683. The Balaban J connectivity index is 2.91. The van der Waals surface area contributed by atoms with Gasteiger partial charge in [0.15, 0.2) is 0 Å². The van der Waals surface area contributed by atoms with Crippen molar-refractivity contribution >= 4 is 11.6 Å². The van der Waals surface area contributed by atoms with Gasteiger partial charge >= 0.3 is 0 Å². The molecule has 1 N–H and O–H groups in total. The topological polar surface area (TPSA) is 29.5 Å². The van der Waals surface area contributed by atoms with Crippen LogP contribution in [-0.4, -0.2) is 11.7 Å². The highest BCUT2D eigenvalue weighted by Crippen LogP contribution is 2.25. The Morgan fingerprint density at radius 3 is 2.92 bits per heavy atom. The average Bonchev–Trinajstić information content (AvgIpc) is 2.09. The lowest BCUT2D eigenvalue weighted by Crippen LogP contribution is -1.93. The monoisotopic (exact) mass is 185 g/mol. The Hall–Kier alpha value is -0.730. The molecule has 1 aromatic rings. The maximum atomic E-state index is 8.70. The number of aliphatic hydroxyl groups excluding tert-OH is 1. The van der Waals surface area contributed by atoms with Crippen molar-refractivity contribution in [2.75, 3.05) is 6.61 Å². The molecule has 0 saturated carbocycles. The molecule has 1 radical (unpaired) electrons. The van der Waals surface area contributed by atoms with Gasteiger partial charge in [-0.15, -0.1) is 0 Å². The molecule has 0 heterocycles. The molecular weight excluding hydrogens is 176 g/mol. The molecule has 1 aromatic carbocycles. The summed E-state index contributed by atoms with van der Waals surface area (Å²) >= 11 is 5.81. The van der Waals surface area contributed by atoms with E-state index in [1.54, 1.807) is 18.2 Å². The largest absolute Gasteiger partial charge is 0.492 e. The molecule has 0 bridgehead atoms. The highest BCUT2D eigenvalue weighted by atomic mass is 35.5. The van der Waals surface area contributed by atoms with Gasteiger partial charge in [0, 0.05) is 0 Å². The Bertz CT molecular complexity index is 261. The Labute approximate surface area is 76.7 Å². The molecule has 0 aliphatic carbocycles. The molecule has 1 rings (SSSR count). The van der Waals surface area contributed by atoms with Crippen molar-refractivity contribution < 1.29 is 9.84 Å². The van der Waals surface area contributed by atoms with E-state index in [1.807, 2.05) is 6.92 Å². The standard InChI is InChI=1S/C9H10ClO2/c1-2-12-9-5-7(6-11)3-4-8(9)10/h3-6,11H,2H2,1H3. The van der Waals surface area contributed by atoms with E-state index in [2.05, 4.69) is 0 Å². The third-order valence-electron chi connectivity index (χ3n) is 1.40. The van der Waals surface area contributed by atoms with Crippen LogP contribution in [0.25, 0.3) is 0 Å². The first-order valence-corrected chi connectivity index (χ1v) is 4.05. The van der Waals surface area contributed by atoms with Gasteiger partial charge in [-0.2, -0.15) is 0 Å². The molecule has 0 atom stereocenters. The molecule has 0 amide bonds. The number of benzene rings is 1. The molecule has 0 aliphatic heterocycles. The van der Waals surface area contributed by atoms with Crippen LogP contribution in [0.1, 0.15) is 12.5 Å². The van der Waals surface area contributed by atoms with Gasteiger partial charge in [0.2, 0.25) is 0 Å².